The van der Waals surface area contributed by atoms with E-state index in [-0.39, 0.29) is 0 Å². The van der Waals surface area contributed by atoms with E-state index in [4.69, 9.17) is 4.74 Å². The summed E-state index contributed by atoms with van der Waals surface area (Å²) in [6, 6.07) is 0. The highest BCUT2D eigenvalue weighted by Crippen LogP contribution is 2.13. The third-order valence-corrected chi connectivity index (χ3v) is 3.41. The minimum Gasteiger partial charge on any atom is -0.378 e. The lowest BCUT2D eigenvalue weighted by Gasteiger charge is -2.29. The van der Waals surface area contributed by atoms with Gasteiger partial charge in [-0.05, 0) is 25.2 Å². The van der Waals surface area contributed by atoms with Gasteiger partial charge in [0.15, 0.2) is 0 Å². The molecule has 100 valence electrons. The number of rotatable bonds is 8. The predicted octanol–water partition coefficient (Wildman–Crippen LogP) is 2.84. The monoisotopic (exact) mass is 241 g/mol. The highest BCUT2D eigenvalue weighted by molar-refractivity contribution is 5.47. The van der Waals surface area contributed by atoms with E-state index in [0.29, 0.717) is 6.10 Å². The maximum atomic E-state index is 10.5. The van der Waals surface area contributed by atoms with E-state index in [0.717, 1.165) is 44.9 Å². The Hall–Kier alpha value is -0.570. The summed E-state index contributed by atoms with van der Waals surface area (Å²) in [6.45, 7) is 7.17. The van der Waals surface area contributed by atoms with Crippen LogP contribution in [0.4, 0.5) is 0 Å². The zero-order valence-corrected chi connectivity index (χ0v) is 11.4. The third kappa shape index (κ3) is 6.67. The van der Waals surface area contributed by atoms with E-state index < -0.39 is 0 Å². The summed E-state index contributed by atoms with van der Waals surface area (Å²) >= 11 is 0. The molecule has 1 fully saturated rings. The molecule has 0 N–H and O–H groups in total. The lowest BCUT2D eigenvalue weighted by atomic mass is 10.1. The molecule has 3 nitrogen and oxygen atoms in total. The Bertz CT molecular complexity index is 198. The highest BCUT2D eigenvalue weighted by atomic mass is 16.5. The molecule has 0 unspecified atom stereocenters. The van der Waals surface area contributed by atoms with Crippen LogP contribution in [-0.2, 0) is 9.53 Å². The van der Waals surface area contributed by atoms with Crippen LogP contribution in [0.25, 0.3) is 0 Å². The minimum absolute atomic E-state index is 0.385. The summed E-state index contributed by atoms with van der Waals surface area (Å²) in [5.74, 6) is 0.823. The van der Waals surface area contributed by atoms with Crippen LogP contribution in [0.1, 0.15) is 52.4 Å². The first-order valence-corrected chi connectivity index (χ1v) is 7.03. The second kappa shape index (κ2) is 8.51. The molecule has 3 heteroatoms. The van der Waals surface area contributed by atoms with Gasteiger partial charge in [0.25, 0.3) is 0 Å². The fourth-order valence-corrected chi connectivity index (χ4v) is 2.23. The first-order valence-electron chi connectivity index (χ1n) is 7.03. The van der Waals surface area contributed by atoms with Gasteiger partial charge in [-0.1, -0.05) is 33.1 Å². The molecule has 0 aromatic rings. The summed E-state index contributed by atoms with van der Waals surface area (Å²) < 4.78 is 5.84. The molecule has 1 amide bonds. The third-order valence-electron chi connectivity index (χ3n) is 3.41. The number of hydrogen-bond donors (Lipinski definition) is 0. The maximum Gasteiger partial charge on any atom is 0.209 e. The minimum atomic E-state index is 0.385. The number of piperidine rings is 1. The number of carbonyl (C=O) groups excluding carboxylic acids is 1. The molecule has 1 saturated heterocycles. The van der Waals surface area contributed by atoms with Crippen molar-refractivity contribution in [3.63, 3.8) is 0 Å². The van der Waals surface area contributed by atoms with Gasteiger partial charge in [0.05, 0.1) is 6.10 Å². The van der Waals surface area contributed by atoms with Crippen LogP contribution >= 0.6 is 0 Å². The van der Waals surface area contributed by atoms with Crippen LogP contribution in [0.2, 0.25) is 0 Å². The van der Waals surface area contributed by atoms with Gasteiger partial charge in [-0.3, -0.25) is 4.79 Å². The first kappa shape index (κ1) is 14.5. The van der Waals surface area contributed by atoms with Crippen molar-refractivity contribution in [3.05, 3.63) is 0 Å². The average Bonchev–Trinajstić information content (AvgIpc) is 2.34. The molecule has 1 aliphatic rings. The number of carbonyl (C=O) groups is 1. The molecule has 0 saturated carbocycles. The van der Waals surface area contributed by atoms with Gasteiger partial charge in [0.1, 0.15) is 0 Å². The molecule has 0 aromatic carbocycles. The maximum absolute atomic E-state index is 10.5. The van der Waals surface area contributed by atoms with Crippen LogP contribution in [0.15, 0.2) is 0 Å². The molecule has 0 bridgehead atoms. The Labute approximate surface area is 106 Å². The molecule has 17 heavy (non-hydrogen) atoms. The van der Waals surface area contributed by atoms with E-state index in [2.05, 4.69) is 13.8 Å². The fraction of sp³-hybridized carbons (Fsp3) is 0.929. The molecule has 0 spiro atoms. The van der Waals surface area contributed by atoms with Crippen molar-refractivity contribution >= 4 is 6.41 Å². The van der Waals surface area contributed by atoms with Crippen molar-refractivity contribution < 1.29 is 9.53 Å². The van der Waals surface area contributed by atoms with Crippen LogP contribution in [0.3, 0.4) is 0 Å². The smallest absolute Gasteiger partial charge is 0.209 e. The molecular weight excluding hydrogens is 214 g/mol. The summed E-state index contributed by atoms with van der Waals surface area (Å²) in [4.78, 5) is 12.4. The van der Waals surface area contributed by atoms with E-state index in [9.17, 15) is 4.79 Å². The number of hydrogen-bond acceptors (Lipinski definition) is 2. The lowest BCUT2D eigenvalue weighted by molar-refractivity contribution is -0.120. The molecule has 1 heterocycles. The Morgan fingerprint density at radius 2 is 1.94 bits per heavy atom. The molecule has 1 aliphatic heterocycles. The summed E-state index contributed by atoms with van der Waals surface area (Å²) in [5.41, 5.74) is 0. The number of nitrogens with zero attached hydrogens (tertiary/aromatic N) is 1. The van der Waals surface area contributed by atoms with E-state index in [1.165, 1.54) is 25.7 Å². The van der Waals surface area contributed by atoms with Gasteiger partial charge in [-0.2, -0.15) is 0 Å². The molecule has 0 aromatic heterocycles. The van der Waals surface area contributed by atoms with Gasteiger partial charge in [-0.25, -0.2) is 0 Å². The molecular formula is C14H27NO2. The number of unbranched alkanes of at least 4 members (excludes halogenated alkanes) is 2. The van der Waals surface area contributed by atoms with Gasteiger partial charge in [-0.15, -0.1) is 0 Å². The largest absolute Gasteiger partial charge is 0.378 e. The molecule has 0 atom stereocenters. The second-order valence-electron chi connectivity index (χ2n) is 5.45. The van der Waals surface area contributed by atoms with E-state index >= 15 is 0 Å². The summed E-state index contributed by atoms with van der Waals surface area (Å²) in [6.07, 6.45) is 8.46. The van der Waals surface area contributed by atoms with Gasteiger partial charge >= 0.3 is 0 Å². The fourth-order valence-electron chi connectivity index (χ4n) is 2.23. The van der Waals surface area contributed by atoms with Crippen molar-refractivity contribution in [1.29, 1.82) is 0 Å². The quantitative estimate of drug-likeness (QED) is 0.483. The Morgan fingerprint density at radius 1 is 1.24 bits per heavy atom. The standard InChI is InChI=1S/C14H27NO2/c1-13(2)6-4-3-5-11-17-14-7-9-15(12-16)10-8-14/h12-14H,3-11H2,1-2H3. The van der Waals surface area contributed by atoms with Crippen LogP contribution in [0.5, 0.6) is 0 Å². The topological polar surface area (TPSA) is 29.5 Å². The van der Waals surface area contributed by atoms with Crippen LogP contribution in [0, 0.1) is 5.92 Å². The number of ether oxygens (including phenoxy) is 1. The van der Waals surface area contributed by atoms with Crippen molar-refractivity contribution in [2.75, 3.05) is 19.7 Å². The second-order valence-corrected chi connectivity index (χ2v) is 5.45. The molecule has 0 radical (unpaired) electrons. The molecule has 0 aliphatic carbocycles. The Kier molecular flexibility index (Phi) is 7.25. The first-order chi connectivity index (χ1) is 8.22. The molecule has 1 rings (SSSR count). The van der Waals surface area contributed by atoms with Crippen LogP contribution < -0.4 is 0 Å². The van der Waals surface area contributed by atoms with Crippen molar-refractivity contribution in [1.82, 2.24) is 4.90 Å². The average molecular weight is 241 g/mol. The number of amides is 1. The normalized spacial score (nSPS) is 17.7. The lowest BCUT2D eigenvalue weighted by Crippen LogP contribution is -2.36. The zero-order valence-electron chi connectivity index (χ0n) is 11.4. The number of likely N-dealkylation sites (tertiary alicyclic amines) is 1. The van der Waals surface area contributed by atoms with Crippen molar-refractivity contribution in [3.8, 4) is 0 Å². The Balaban J connectivity index is 1.91. The van der Waals surface area contributed by atoms with E-state index in [1.54, 1.807) is 0 Å². The van der Waals surface area contributed by atoms with Gasteiger partial charge < -0.3 is 9.64 Å². The van der Waals surface area contributed by atoms with Gasteiger partial charge in [0, 0.05) is 19.7 Å². The summed E-state index contributed by atoms with van der Waals surface area (Å²) in [5, 5.41) is 0. The van der Waals surface area contributed by atoms with E-state index in [1.807, 2.05) is 4.90 Å². The summed E-state index contributed by atoms with van der Waals surface area (Å²) in [7, 11) is 0. The Morgan fingerprint density at radius 3 is 2.53 bits per heavy atom. The van der Waals surface area contributed by atoms with Crippen LogP contribution in [-0.4, -0.2) is 37.1 Å². The SMILES string of the molecule is CC(C)CCCCCOC1CCN(C=O)CC1. The zero-order chi connectivity index (χ0) is 12.5. The predicted molar refractivity (Wildman–Crippen MR) is 69.9 cm³/mol. The van der Waals surface area contributed by atoms with Crippen molar-refractivity contribution in [2.45, 2.75) is 58.5 Å². The highest BCUT2D eigenvalue weighted by Gasteiger charge is 2.17. The van der Waals surface area contributed by atoms with Crippen molar-refractivity contribution in [2.24, 2.45) is 5.92 Å². The van der Waals surface area contributed by atoms with Gasteiger partial charge in [0.2, 0.25) is 6.41 Å².